The summed E-state index contributed by atoms with van der Waals surface area (Å²) in [6, 6.07) is 0. The van der Waals surface area contributed by atoms with Gasteiger partial charge in [0.2, 0.25) is 0 Å². The summed E-state index contributed by atoms with van der Waals surface area (Å²) in [5.41, 5.74) is 4.15. The molecular formula is C11H17Cl. The van der Waals surface area contributed by atoms with Crippen LogP contribution in [0.3, 0.4) is 0 Å². The topological polar surface area (TPSA) is 0 Å². The molecule has 0 aliphatic heterocycles. The van der Waals surface area contributed by atoms with Gasteiger partial charge in [-0.15, -0.1) is 0 Å². The number of rotatable bonds is 0. The lowest BCUT2D eigenvalue weighted by Gasteiger charge is -2.36. The first-order valence-corrected chi connectivity index (χ1v) is 5.26. The first-order valence-electron chi connectivity index (χ1n) is 4.82. The molecule has 68 valence electrons. The molecule has 2 saturated carbocycles. The largest absolute Gasteiger partial charge is 0.0930 e. The molecule has 0 amide bonds. The Bertz CT molecular complexity index is 233. The third-order valence-corrected chi connectivity index (χ3v) is 4.43. The fourth-order valence-electron chi connectivity index (χ4n) is 3.37. The maximum atomic E-state index is 5.91. The molecule has 2 aliphatic carbocycles. The highest BCUT2D eigenvalue weighted by molar-refractivity contribution is 6.25. The van der Waals surface area contributed by atoms with Crippen LogP contribution in [0, 0.1) is 16.7 Å². The van der Waals surface area contributed by atoms with Gasteiger partial charge < -0.3 is 0 Å². The lowest BCUT2D eigenvalue weighted by atomic mass is 9.69. The highest BCUT2D eigenvalue weighted by Crippen LogP contribution is 2.65. The molecule has 1 heteroatoms. The highest BCUT2D eigenvalue weighted by atomic mass is 35.5. The number of fused-ring (bicyclic) bond motifs is 2. The van der Waals surface area contributed by atoms with Crippen molar-refractivity contribution in [3.63, 3.8) is 0 Å². The second kappa shape index (κ2) is 2.29. The van der Waals surface area contributed by atoms with E-state index in [4.69, 9.17) is 11.6 Å². The lowest BCUT2D eigenvalue weighted by molar-refractivity contribution is 0.274. The van der Waals surface area contributed by atoms with Gasteiger partial charge in [0.15, 0.2) is 0 Å². The molecule has 12 heavy (non-hydrogen) atoms. The smallest absolute Gasteiger partial charge is 0.00455 e. The summed E-state index contributed by atoms with van der Waals surface area (Å²) in [5, 5.41) is 0. The van der Waals surface area contributed by atoms with E-state index >= 15 is 0 Å². The first-order chi connectivity index (χ1) is 5.50. The molecule has 0 unspecified atom stereocenters. The summed E-state index contributed by atoms with van der Waals surface area (Å²) in [5.74, 6) is 0.882. The predicted molar refractivity (Wildman–Crippen MR) is 53.2 cm³/mol. The van der Waals surface area contributed by atoms with E-state index in [1.807, 2.05) is 5.54 Å². The Morgan fingerprint density at radius 2 is 2.08 bits per heavy atom. The zero-order chi connectivity index (χ0) is 8.98. The van der Waals surface area contributed by atoms with Crippen molar-refractivity contribution in [3.05, 3.63) is 11.1 Å². The van der Waals surface area contributed by atoms with Crippen LogP contribution in [-0.2, 0) is 0 Å². The summed E-state index contributed by atoms with van der Waals surface area (Å²) < 4.78 is 0. The van der Waals surface area contributed by atoms with Crippen LogP contribution in [0.5, 0.6) is 0 Å². The van der Waals surface area contributed by atoms with Gasteiger partial charge in [0.05, 0.1) is 0 Å². The Hall–Kier alpha value is 0.0300. The van der Waals surface area contributed by atoms with E-state index in [0.29, 0.717) is 10.8 Å². The van der Waals surface area contributed by atoms with Crippen molar-refractivity contribution >= 4 is 11.6 Å². The molecule has 2 fully saturated rings. The molecule has 0 heterocycles. The van der Waals surface area contributed by atoms with Gasteiger partial charge in [-0.05, 0) is 41.6 Å². The summed E-state index contributed by atoms with van der Waals surface area (Å²) >= 11 is 5.91. The molecule has 2 atom stereocenters. The van der Waals surface area contributed by atoms with Crippen LogP contribution in [0.1, 0.15) is 40.0 Å². The van der Waals surface area contributed by atoms with Crippen LogP contribution in [0.25, 0.3) is 0 Å². The fourth-order valence-corrected chi connectivity index (χ4v) is 3.92. The predicted octanol–water partition coefficient (Wildman–Crippen LogP) is 3.96. The molecule has 0 saturated heterocycles. The molecule has 0 aromatic heterocycles. The third kappa shape index (κ3) is 0.849. The molecule has 0 spiro atoms. The number of hydrogen-bond acceptors (Lipinski definition) is 0. The van der Waals surface area contributed by atoms with Crippen LogP contribution < -0.4 is 0 Å². The van der Waals surface area contributed by atoms with Gasteiger partial charge in [-0.3, -0.25) is 0 Å². The van der Waals surface area contributed by atoms with Crippen molar-refractivity contribution in [2.45, 2.75) is 40.0 Å². The molecule has 0 radical (unpaired) electrons. The van der Waals surface area contributed by atoms with E-state index in [2.05, 4.69) is 20.8 Å². The maximum Gasteiger partial charge on any atom is 0.00455 e. The van der Waals surface area contributed by atoms with Crippen LogP contribution in [-0.4, -0.2) is 0 Å². The average Bonchev–Trinajstić information content (AvgIpc) is 2.39. The first kappa shape index (κ1) is 8.62. The Morgan fingerprint density at radius 3 is 2.42 bits per heavy atom. The number of allylic oxidation sites excluding steroid dienone is 1. The van der Waals surface area contributed by atoms with Crippen LogP contribution in [0.4, 0.5) is 0 Å². The summed E-state index contributed by atoms with van der Waals surface area (Å²) in [6.45, 7) is 7.06. The second-order valence-electron chi connectivity index (χ2n) is 5.24. The third-order valence-electron chi connectivity index (χ3n) is 4.22. The van der Waals surface area contributed by atoms with E-state index in [0.717, 1.165) is 5.92 Å². The van der Waals surface area contributed by atoms with Gasteiger partial charge in [0.25, 0.3) is 0 Å². The summed E-state index contributed by atoms with van der Waals surface area (Å²) in [6.07, 6.45) is 4.11. The van der Waals surface area contributed by atoms with Crippen molar-refractivity contribution in [1.82, 2.24) is 0 Å². The monoisotopic (exact) mass is 184 g/mol. The van der Waals surface area contributed by atoms with Crippen LogP contribution in [0.15, 0.2) is 11.1 Å². The van der Waals surface area contributed by atoms with Gasteiger partial charge in [-0.1, -0.05) is 32.4 Å². The molecule has 2 aliphatic rings. The molecule has 2 rings (SSSR count). The van der Waals surface area contributed by atoms with E-state index in [1.165, 1.54) is 24.8 Å². The Labute approximate surface area is 80.0 Å². The number of hydrogen-bond donors (Lipinski definition) is 0. The quantitative estimate of drug-likeness (QED) is 0.535. The minimum absolute atomic E-state index is 0.370. The second-order valence-corrected chi connectivity index (χ2v) is 5.46. The van der Waals surface area contributed by atoms with Crippen LogP contribution in [0.2, 0.25) is 0 Å². The van der Waals surface area contributed by atoms with Gasteiger partial charge in [0.1, 0.15) is 0 Å². The van der Waals surface area contributed by atoms with Gasteiger partial charge in [-0.2, -0.15) is 0 Å². The normalized spacial score (nSPS) is 47.3. The molecule has 0 N–H and O–H groups in total. The minimum atomic E-state index is 0.370. The molecule has 0 aromatic rings. The zero-order valence-corrected chi connectivity index (χ0v) is 8.91. The molecule has 0 aromatic carbocycles. The summed E-state index contributed by atoms with van der Waals surface area (Å²) in [7, 11) is 0. The van der Waals surface area contributed by atoms with Crippen molar-refractivity contribution in [2.75, 3.05) is 0 Å². The van der Waals surface area contributed by atoms with Crippen molar-refractivity contribution in [3.8, 4) is 0 Å². The maximum absolute atomic E-state index is 5.91. The Morgan fingerprint density at radius 1 is 1.42 bits per heavy atom. The Balaban J connectivity index is 2.45. The van der Waals surface area contributed by atoms with E-state index in [1.54, 1.807) is 0 Å². The van der Waals surface area contributed by atoms with Crippen molar-refractivity contribution in [2.24, 2.45) is 16.7 Å². The average molecular weight is 185 g/mol. The summed E-state index contributed by atoms with van der Waals surface area (Å²) in [4.78, 5) is 0. The van der Waals surface area contributed by atoms with E-state index in [9.17, 15) is 0 Å². The van der Waals surface area contributed by atoms with Gasteiger partial charge >= 0.3 is 0 Å². The molecule has 0 nitrogen and oxygen atoms in total. The van der Waals surface area contributed by atoms with Gasteiger partial charge in [-0.25, -0.2) is 0 Å². The standard InChI is InChI=1S/C11H17Cl/c1-10(2)8-4-5-11(3,6-8)9(10)7-12/h7-8H,4-6H2,1-3H3/b9-7+/t8-,11+/m0/s1. The van der Waals surface area contributed by atoms with Gasteiger partial charge in [0, 0.05) is 5.54 Å². The number of halogens is 1. The van der Waals surface area contributed by atoms with E-state index in [-0.39, 0.29) is 0 Å². The van der Waals surface area contributed by atoms with Crippen molar-refractivity contribution < 1.29 is 0 Å². The molecular weight excluding hydrogens is 168 g/mol. The lowest BCUT2D eigenvalue weighted by Crippen LogP contribution is -2.26. The van der Waals surface area contributed by atoms with Crippen molar-refractivity contribution in [1.29, 1.82) is 0 Å². The minimum Gasteiger partial charge on any atom is -0.0930 e. The molecule has 2 bridgehead atoms. The SMILES string of the molecule is CC1(C)/C(=C\Cl)[C@]2(C)CC[C@H]1C2. The Kier molecular flexibility index (Phi) is 1.64. The van der Waals surface area contributed by atoms with E-state index < -0.39 is 0 Å². The highest BCUT2D eigenvalue weighted by Gasteiger charge is 2.55. The van der Waals surface area contributed by atoms with Crippen LogP contribution >= 0.6 is 11.6 Å². The zero-order valence-electron chi connectivity index (χ0n) is 8.15. The fraction of sp³-hybridized carbons (Fsp3) is 0.818.